The van der Waals surface area contributed by atoms with E-state index in [-0.39, 0.29) is 5.91 Å². The number of amides is 1. The van der Waals surface area contributed by atoms with E-state index in [1.54, 1.807) is 11.0 Å². The van der Waals surface area contributed by atoms with Crippen LogP contribution in [0.3, 0.4) is 0 Å². The maximum atomic E-state index is 12.3. The lowest BCUT2D eigenvalue weighted by molar-refractivity contribution is 0.0785. The molecular formula is C16H17NOS. The van der Waals surface area contributed by atoms with Crippen LogP contribution in [-0.2, 0) is 6.54 Å². The largest absolute Gasteiger partial charge is 0.337 e. The molecule has 3 heteroatoms. The minimum atomic E-state index is 0.0106. The Morgan fingerprint density at radius 1 is 1.16 bits per heavy atom. The quantitative estimate of drug-likeness (QED) is 0.846. The minimum absolute atomic E-state index is 0.0106. The molecule has 0 fully saturated rings. The fourth-order valence-corrected chi connectivity index (χ4v) is 2.12. The van der Waals surface area contributed by atoms with E-state index < -0.39 is 0 Å². The van der Waals surface area contributed by atoms with Gasteiger partial charge in [0.1, 0.15) is 0 Å². The van der Waals surface area contributed by atoms with E-state index in [1.165, 1.54) is 5.56 Å². The van der Waals surface area contributed by atoms with Gasteiger partial charge in [-0.15, -0.1) is 12.6 Å². The number of nitrogens with zero attached hydrogens (tertiary/aromatic N) is 1. The molecule has 0 saturated carbocycles. The summed E-state index contributed by atoms with van der Waals surface area (Å²) in [6.07, 6.45) is 0. The first-order valence-electron chi connectivity index (χ1n) is 6.16. The lowest BCUT2D eigenvalue weighted by Crippen LogP contribution is -2.26. The normalized spacial score (nSPS) is 10.3. The van der Waals surface area contributed by atoms with Crippen molar-refractivity contribution in [2.75, 3.05) is 7.05 Å². The predicted octanol–water partition coefficient (Wildman–Crippen LogP) is 3.56. The van der Waals surface area contributed by atoms with Crippen molar-refractivity contribution in [2.45, 2.75) is 18.4 Å². The summed E-state index contributed by atoms with van der Waals surface area (Å²) < 4.78 is 0. The minimum Gasteiger partial charge on any atom is -0.337 e. The van der Waals surface area contributed by atoms with Gasteiger partial charge in [-0.05, 0) is 30.7 Å². The fourth-order valence-electron chi connectivity index (χ4n) is 1.90. The van der Waals surface area contributed by atoms with Crippen LogP contribution in [-0.4, -0.2) is 17.9 Å². The molecule has 0 aliphatic rings. The maximum absolute atomic E-state index is 12.3. The van der Waals surface area contributed by atoms with Crippen molar-refractivity contribution < 1.29 is 4.79 Å². The van der Waals surface area contributed by atoms with Crippen molar-refractivity contribution >= 4 is 18.5 Å². The van der Waals surface area contributed by atoms with Gasteiger partial charge in [-0.25, -0.2) is 0 Å². The van der Waals surface area contributed by atoms with Crippen molar-refractivity contribution in [3.05, 3.63) is 65.2 Å². The number of aryl methyl sites for hydroxylation is 1. The first-order valence-corrected chi connectivity index (χ1v) is 6.61. The Morgan fingerprint density at radius 2 is 1.84 bits per heavy atom. The molecule has 0 N–H and O–H groups in total. The summed E-state index contributed by atoms with van der Waals surface area (Å²) in [4.78, 5) is 14.8. The molecule has 2 rings (SSSR count). The van der Waals surface area contributed by atoms with Gasteiger partial charge >= 0.3 is 0 Å². The summed E-state index contributed by atoms with van der Waals surface area (Å²) in [5.41, 5.74) is 3.02. The number of hydrogen-bond donors (Lipinski definition) is 1. The Hall–Kier alpha value is -1.74. The molecule has 2 aromatic carbocycles. The summed E-state index contributed by atoms with van der Waals surface area (Å²) in [7, 11) is 1.81. The van der Waals surface area contributed by atoms with Gasteiger partial charge in [-0.2, -0.15) is 0 Å². The number of carbonyl (C=O) groups is 1. The molecule has 0 aliphatic heterocycles. The second-order valence-electron chi connectivity index (χ2n) is 4.70. The number of benzene rings is 2. The molecule has 1 amide bonds. The predicted molar refractivity (Wildman–Crippen MR) is 80.7 cm³/mol. The number of hydrogen-bond acceptors (Lipinski definition) is 2. The molecule has 2 nitrogen and oxygen atoms in total. The molecule has 0 aliphatic carbocycles. The Bertz CT molecular complexity index is 578. The van der Waals surface area contributed by atoms with E-state index >= 15 is 0 Å². The van der Waals surface area contributed by atoms with Crippen LogP contribution in [0, 0.1) is 6.92 Å². The van der Waals surface area contributed by atoms with E-state index in [9.17, 15) is 4.79 Å². The summed E-state index contributed by atoms with van der Waals surface area (Å²) in [6.45, 7) is 2.66. The molecule has 0 saturated heterocycles. The highest BCUT2D eigenvalue weighted by molar-refractivity contribution is 7.80. The third-order valence-corrected chi connectivity index (χ3v) is 3.26. The van der Waals surface area contributed by atoms with Crippen LogP contribution in [0.15, 0.2) is 53.4 Å². The summed E-state index contributed by atoms with van der Waals surface area (Å²) in [5, 5.41) is 0. The van der Waals surface area contributed by atoms with Gasteiger partial charge in [-0.3, -0.25) is 4.79 Å². The Kier molecular flexibility index (Phi) is 4.27. The molecule has 0 atom stereocenters. The Labute approximate surface area is 119 Å². The second-order valence-corrected chi connectivity index (χ2v) is 5.21. The van der Waals surface area contributed by atoms with E-state index in [1.807, 2.05) is 37.4 Å². The van der Waals surface area contributed by atoms with Crippen LogP contribution in [0.5, 0.6) is 0 Å². The van der Waals surface area contributed by atoms with Gasteiger partial charge in [-0.1, -0.05) is 35.9 Å². The van der Waals surface area contributed by atoms with Crippen LogP contribution in [0.25, 0.3) is 0 Å². The molecule has 0 spiro atoms. The van der Waals surface area contributed by atoms with E-state index in [2.05, 4.69) is 31.7 Å². The maximum Gasteiger partial charge on any atom is 0.253 e. The third kappa shape index (κ3) is 3.61. The molecular weight excluding hydrogens is 254 g/mol. The van der Waals surface area contributed by atoms with Gasteiger partial charge in [0.15, 0.2) is 0 Å². The summed E-state index contributed by atoms with van der Waals surface area (Å²) in [6, 6.07) is 15.5. The third-order valence-electron chi connectivity index (χ3n) is 2.98. The molecule has 19 heavy (non-hydrogen) atoms. The first kappa shape index (κ1) is 13.7. The SMILES string of the molecule is Cc1ccc(CN(C)C(=O)c2cccc(S)c2)cc1. The van der Waals surface area contributed by atoms with Gasteiger partial charge in [0.25, 0.3) is 5.91 Å². The Balaban J connectivity index is 2.09. The average molecular weight is 271 g/mol. The molecule has 0 bridgehead atoms. The van der Waals surface area contributed by atoms with Crippen molar-refractivity contribution in [3.63, 3.8) is 0 Å². The first-order chi connectivity index (χ1) is 9.06. The van der Waals surface area contributed by atoms with E-state index in [4.69, 9.17) is 0 Å². The lowest BCUT2D eigenvalue weighted by atomic mass is 10.1. The molecule has 0 aromatic heterocycles. The van der Waals surface area contributed by atoms with Crippen molar-refractivity contribution in [2.24, 2.45) is 0 Å². The highest BCUT2D eigenvalue weighted by Crippen LogP contribution is 2.13. The van der Waals surface area contributed by atoms with Gasteiger partial charge in [0, 0.05) is 24.1 Å². The van der Waals surface area contributed by atoms with Crippen LogP contribution < -0.4 is 0 Å². The molecule has 98 valence electrons. The van der Waals surface area contributed by atoms with Crippen LogP contribution >= 0.6 is 12.6 Å². The highest BCUT2D eigenvalue weighted by Gasteiger charge is 2.11. The van der Waals surface area contributed by atoms with Crippen molar-refractivity contribution in [1.29, 1.82) is 0 Å². The number of carbonyl (C=O) groups excluding carboxylic acids is 1. The standard InChI is InChI=1S/C16H17NOS/c1-12-6-8-13(9-7-12)11-17(2)16(18)14-4-3-5-15(19)10-14/h3-10,19H,11H2,1-2H3. The zero-order valence-electron chi connectivity index (χ0n) is 11.1. The molecule has 0 unspecified atom stereocenters. The molecule has 2 aromatic rings. The molecule has 0 radical (unpaired) electrons. The molecule has 0 heterocycles. The van der Waals surface area contributed by atoms with Crippen LogP contribution in [0.4, 0.5) is 0 Å². The van der Waals surface area contributed by atoms with E-state index in [0.717, 1.165) is 10.5 Å². The zero-order chi connectivity index (χ0) is 13.8. The van der Waals surface area contributed by atoms with Crippen LogP contribution in [0.1, 0.15) is 21.5 Å². The Morgan fingerprint density at radius 3 is 2.47 bits per heavy atom. The average Bonchev–Trinajstić information content (AvgIpc) is 2.40. The number of thiol groups is 1. The zero-order valence-corrected chi connectivity index (χ0v) is 12.0. The van der Waals surface area contributed by atoms with E-state index in [0.29, 0.717) is 12.1 Å². The smallest absolute Gasteiger partial charge is 0.253 e. The topological polar surface area (TPSA) is 20.3 Å². The van der Waals surface area contributed by atoms with Crippen molar-refractivity contribution in [1.82, 2.24) is 4.90 Å². The van der Waals surface area contributed by atoms with Gasteiger partial charge in [0.2, 0.25) is 0 Å². The van der Waals surface area contributed by atoms with Crippen molar-refractivity contribution in [3.8, 4) is 0 Å². The lowest BCUT2D eigenvalue weighted by Gasteiger charge is -2.17. The summed E-state index contributed by atoms with van der Waals surface area (Å²) >= 11 is 4.26. The fraction of sp³-hybridized carbons (Fsp3) is 0.188. The van der Waals surface area contributed by atoms with Crippen LogP contribution in [0.2, 0.25) is 0 Å². The number of rotatable bonds is 3. The highest BCUT2D eigenvalue weighted by atomic mass is 32.1. The summed E-state index contributed by atoms with van der Waals surface area (Å²) in [5.74, 6) is 0.0106. The van der Waals surface area contributed by atoms with Gasteiger partial charge in [0.05, 0.1) is 0 Å². The monoisotopic (exact) mass is 271 g/mol. The second kappa shape index (κ2) is 5.93. The van der Waals surface area contributed by atoms with Gasteiger partial charge < -0.3 is 4.90 Å².